The highest BCUT2D eigenvalue weighted by atomic mass is 35.5. The maximum atomic E-state index is 11.1. The average Bonchev–Trinajstić information content (AvgIpc) is 2.18. The molecule has 0 aromatic heterocycles. The van der Waals surface area contributed by atoms with Crippen LogP contribution in [0.1, 0.15) is 39.0 Å². The fourth-order valence-corrected chi connectivity index (χ4v) is 1.22. The van der Waals surface area contributed by atoms with Gasteiger partial charge in [-0.3, -0.25) is 0 Å². The van der Waals surface area contributed by atoms with E-state index in [4.69, 9.17) is 11.6 Å². The summed E-state index contributed by atoms with van der Waals surface area (Å²) < 4.78 is 0. The molecule has 0 saturated heterocycles. The summed E-state index contributed by atoms with van der Waals surface area (Å²) in [5.74, 6) is 0.594. The first-order chi connectivity index (χ1) is 6.81. The lowest BCUT2D eigenvalue weighted by Crippen LogP contribution is -2.36. The minimum Gasteiger partial charge on any atom is -0.338 e. The lowest BCUT2D eigenvalue weighted by Gasteiger charge is -2.06. The third-order valence-corrected chi connectivity index (χ3v) is 2.18. The summed E-state index contributed by atoms with van der Waals surface area (Å²) >= 11 is 5.47. The van der Waals surface area contributed by atoms with E-state index in [0.29, 0.717) is 12.4 Å². The van der Waals surface area contributed by atoms with E-state index < -0.39 is 0 Å². The quantitative estimate of drug-likeness (QED) is 0.479. The lowest BCUT2D eigenvalue weighted by molar-refractivity contribution is 0.240. The summed E-state index contributed by atoms with van der Waals surface area (Å²) in [7, 11) is 0. The molecule has 0 aliphatic heterocycles. The molecule has 0 spiro atoms. The number of rotatable bonds is 8. The molecule has 0 radical (unpaired) electrons. The van der Waals surface area contributed by atoms with Crippen molar-refractivity contribution in [2.24, 2.45) is 0 Å². The SMILES string of the molecule is CCCCCCNC(=O)NCCCCl. The summed E-state index contributed by atoms with van der Waals surface area (Å²) in [5, 5.41) is 5.55. The van der Waals surface area contributed by atoms with E-state index in [0.717, 1.165) is 19.4 Å². The van der Waals surface area contributed by atoms with Crippen LogP contribution in [0.5, 0.6) is 0 Å². The second-order valence-electron chi connectivity index (χ2n) is 3.29. The van der Waals surface area contributed by atoms with Gasteiger partial charge in [-0.05, 0) is 12.8 Å². The minimum atomic E-state index is -0.0772. The summed E-state index contributed by atoms with van der Waals surface area (Å²) in [6.45, 7) is 3.60. The van der Waals surface area contributed by atoms with Crippen LogP contribution in [0.25, 0.3) is 0 Å². The highest BCUT2D eigenvalue weighted by Crippen LogP contribution is 1.96. The Bertz CT molecular complexity index is 142. The highest BCUT2D eigenvalue weighted by molar-refractivity contribution is 6.17. The number of alkyl halides is 1. The fourth-order valence-electron chi connectivity index (χ4n) is 1.08. The van der Waals surface area contributed by atoms with Crippen LogP contribution in [-0.4, -0.2) is 25.0 Å². The first kappa shape index (κ1) is 13.6. The number of halogens is 1. The Kier molecular flexibility index (Phi) is 10.3. The van der Waals surface area contributed by atoms with Crippen LogP contribution in [0.4, 0.5) is 4.79 Å². The van der Waals surface area contributed by atoms with E-state index >= 15 is 0 Å². The molecule has 0 saturated carbocycles. The number of nitrogens with one attached hydrogen (secondary N) is 2. The summed E-state index contributed by atoms with van der Waals surface area (Å²) in [6.07, 6.45) is 5.55. The Morgan fingerprint density at radius 2 is 1.71 bits per heavy atom. The van der Waals surface area contributed by atoms with Crippen molar-refractivity contribution in [3.8, 4) is 0 Å². The van der Waals surface area contributed by atoms with E-state index in [-0.39, 0.29) is 6.03 Å². The molecule has 4 heteroatoms. The van der Waals surface area contributed by atoms with Gasteiger partial charge in [0, 0.05) is 19.0 Å². The smallest absolute Gasteiger partial charge is 0.314 e. The maximum absolute atomic E-state index is 11.1. The van der Waals surface area contributed by atoms with Gasteiger partial charge in [-0.25, -0.2) is 4.79 Å². The molecule has 0 rings (SSSR count). The van der Waals surface area contributed by atoms with Crippen LogP contribution in [0, 0.1) is 0 Å². The molecule has 0 atom stereocenters. The van der Waals surface area contributed by atoms with Crippen molar-refractivity contribution in [3.63, 3.8) is 0 Å². The molecule has 0 heterocycles. The van der Waals surface area contributed by atoms with Crippen LogP contribution in [0.15, 0.2) is 0 Å². The number of hydrogen-bond acceptors (Lipinski definition) is 1. The molecule has 14 heavy (non-hydrogen) atoms. The van der Waals surface area contributed by atoms with Gasteiger partial charge in [0.2, 0.25) is 0 Å². The molecule has 0 aliphatic rings. The molecular weight excluding hydrogens is 200 g/mol. The molecule has 0 bridgehead atoms. The predicted molar refractivity (Wildman–Crippen MR) is 60.9 cm³/mol. The van der Waals surface area contributed by atoms with Gasteiger partial charge in [0.1, 0.15) is 0 Å². The van der Waals surface area contributed by atoms with E-state index in [1.54, 1.807) is 0 Å². The molecule has 0 aromatic carbocycles. The zero-order valence-electron chi connectivity index (χ0n) is 8.94. The van der Waals surface area contributed by atoms with Crippen LogP contribution < -0.4 is 10.6 Å². The number of hydrogen-bond donors (Lipinski definition) is 2. The van der Waals surface area contributed by atoms with Crippen LogP contribution in [0.3, 0.4) is 0 Å². The number of carbonyl (C=O) groups is 1. The number of carbonyl (C=O) groups excluding carboxylic acids is 1. The first-order valence-corrected chi connectivity index (χ1v) is 5.92. The average molecular weight is 221 g/mol. The second-order valence-corrected chi connectivity index (χ2v) is 3.66. The molecule has 0 aromatic rings. The molecule has 0 fully saturated rings. The molecule has 84 valence electrons. The van der Waals surface area contributed by atoms with Gasteiger partial charge in [-0.2, -0.15) is 0 Å². The van der Waals surface area contributed by atoms with Gasteiger partial charge < -0.3 is 10.6 Å². The minimum absolute atomic E-state index is 0.0772. The summed E-state index contributed by atoms with van der Waals surface area (Å²) in [6, 6.07) is -0.0772. The summed E-state index contributed by atoms with van der Waals surface area (Å²) in [4.78, 5) is 11.1. The third-order valence-electron chi connectivity index (χ3n) is 1.91. The Balaban J connectivity index is 3.10. The van der Waals surface area contributed by atoms with Gasteiger partial charge >= 0.3 is 6.03 Å². The van der Waals surface area contributed by atoms with Gasteiger partial charge in [-0.15, -0.1) is 11.6 Å². The largest absolute Gasteiger partial charge is 0.338 e. The molecule has 2 N–H and O–H groups in total. The lowest BCUT2D eigenvalue weighted by atomic mass is 10.2. The van der Waals surface area contributed by atoms with E-state index in [9.17, 15) is 4.79 Å². The van der Waals surface area contributed by atoms with E-state index in [1.807, 2.05) is 0 Å². The number of amides is 2. The fraction of sp³-hybridized carbons (Fsp3) is 0.900. The maximum Gasteiger partial charge on any atom is 0.314 e. The standard InChI is InChI=1S/C10H21ClN2O/c1-2-3-4-5-8-12-10(14)13-9-6-7-11/h2-9H2,1H3,(H2,12,13,14). The van der Waals surface area contributed by atoms with Crippen molar-refractivity contribution in [2.75, 3.05) is 19.0 Å². The van der Waals surface area contributed by atoms with Crippen molar-refractivity contribution >= 4 is 17.6 Å². The zero-order chi connectivity index (χ0) is 10.6. The van der Waals surface area contributed by atoms with Crippen molar-refractivity contribution in [1.29, 1.82) is 0 Å². The van der Waals surface area contributed by atoms with E-state index in [2.05, 4.69) is 17.6 Å². The Morgan fingerprint density at radius 3 is 2.29 bits per heavy atom. The molecular formula is C10H21ClN2O. The Hall–Kier alpha value is -0.440. The number of urea groups is 1. The van der Waals surface area contributed by atoms with Crippen LogP contribution in [0.2, 0.25) is 0 Å². The van der Waals surface area contributed by atoms with Crippen molar-refractivity contribution in [1.82, 2.24) is 10.6 Å². The van der Waals surface area contributed by atoms with Gasteiger partial charge in [0.25, 0.3) is 0 Å². The molecule has 2 amide bonds. The Morgan fingerprint density at radius 1 is 1.07 bits per heavy atom. The second kappa shape index (κ2) is 10.6. The van der Waals surface area contributed by atoms with Crippen molar-refractivity contribution in [3.05, 3.63) is 0 Å². The predicted octanol–water partition coefficient (Wildman–Crippen LogP) is 2.49. The monoisotopic (exact) mass is 220 g/mol. The van der Waals surface area contributed by atoms with Gasteiger partial charge in [-0.1, -0.05) is 26.2 Å². The molecule has 0 aliphatic carbocycles. The number of unbranched alkanes of at least 4 members (excludes halogenated alkanes) is 3. The zero-order valence-corrected chi connectivity index (χ0v) is 9.70. The molecule has 3 nitrogen and oxygen atoms in total. The van der Waals surface area contributed by atoms with E-state index in [1.165, 1.54) is 19.3 Å². The van der Waals surface area contributed by atoms with Crippen molar-refractivity contribution in [2.45, 2.75) is 39.0 Å². The van der Waals surface area contributed by atoms with Crippen LogP contribution in [-0.2, 0) is 0 Å². The van der Waals surface area contributed by atoms with Crippen LogP contribution >= 0.6 is 11.6 Å². The molecule has 0 unspecified atom stereocenters. The highest BCUT2D eigenvalue weighted by Gasteiger charge is 1.96. The van der Waals surface area contributed by atoms with Crippen molar-refractivity contribution < 1.29 is 4.79 Å². The topological polar surface area (TPSA) is 41.1 Å². The van der Waals surface area contributed by atoms with Gasteiger partial charge in [0.05, 0.1) is 0 Å². The van der Waals surface area contributed by atoms with Gasteiger partial charge in [0.15, 0.2) is 0 Å². The normalized spacial score (nSPS) is 9.86. The first-order valence-electron chi connectivity index (χ1n) is 5.39. The summed E-state index contributed by atoms with van der Waals surface area (Å²) in [5.41, 5.74) is 0. The Labute approximate surface area is 91.6 Å². The third kappa shape index (κ3) is 9.65.